The van der Waals surface area contributed by atoms with E-state index in [0.717, 1.165) is 54.9 Å². The van der Waals surface area contributed by atoms with Gasteiger partial charge in [0, 0.05) is 11.5 Å². The number of hydrogen-bond acceptors (Lipinski definition) is 3. The molecule has 2 aliphatic rings. The first-order chi connectivity index (χ1) is 15.9. The molecule has 3 atom stereocenters. The largest absolute Gasteiger partial charge is 0.445 e. The zero-order chi connectivity index (χ0) is 23.4. The lowest BCUT2D eigenvalue weighted by Crippen LogP contribution is -2.45. The second kappa shape index (κ2) is 10.6. The maximum absolute atomic E-state index is 13.5. The molecule has 1 saturated carbocycles. The second-order valence-electron chi connectivity index (χ2n) is 9.86. The molecule has 1 aliphatic carbocycles. The van der Waals surface area contributed by atoms with Crippen molar-refractivity contribution >= 4 is 34.6 Å². The lowest BCUT2D eigenvalue weighted by Gasteiger charge is -2.42. The fourth-order valence-corrected chi connectivity index (χ4v) is 6.19. The quantitative estimate of drug-likeness (QED) is 0.201. The molecule has 2 amide bonds. The highest BCUT2D eigenvalue weighted by Gasteiger charge is 2.45. The molecule has 1 heterocycles. The van der Waals surface area contributed by atoms with E-state index in [1.54, 1.807) is 0 Å². The molecule has 0 spiro atoms. The van der Waals surface area contributed by atoms with Gasteiger partial charge in [-0.2, -0.15) is 0 Å². The minimum atomic E-state index is -0.476. The Bertz CT molecular complexity index is 974. The molecule has 0 radical (unpaired) electrons. The number of carbonyl (C=O) groups excluding carboxylic acids is 2. The van der Waals surface area contributed by atoms with E-state index in [4.69, 9.17) is 4.74 Å². The van der Waals surface area contributed by atoms with Gasteiger partial charge in [-0.25, -0.2) is 9.69 Å². The van der Waals surface area contributed by atoms with Crippen LogP contribution in [-0.4, -0.2) is 27.4 Å². The van der Waals surface area contributed by atoms with Crippen LogP contribution in [0.3, 0.4) is 0 Å². The average Bonchev–Trinajstić information content (AvgIpc) is 3.12. The van der Waals surface area contributed by atoms with Crippen LogP contribution in [0.15, 0.2) is 54.6 Å². The van der Waals surface area contributed by atoms with E-state index in [1.807, 2.05) is 30.3 Å². The molecule has 5 heteroatoms. The van der Waals surface area contributed by atoms with Gasteiger partial charge in [0.1, 0.15) is 6.10 Å². The van der Waals surface area contributed by atoms with Gasteiger partial charge in [-0.3, -0.25) is 4.79 Å². The number of alkyl halides is 1. The van der Waals surface area contributed by atoms with Crippen LogP contribution >= 0.6 is 22.6 Å². The first kappa shape index (κ1) is 24.2. The fourth-order valence-electron chi connectivity index (χ4n) is 5.65. The Kier molecular flexibility index (Phi) is 7.77. The Hall–Kier alpha value is -1.89. The summed E-state index contributed by atoms with van der Waals surface area (Å²) in [6.07, 6.45) is 6.23. The Labute approximate surface area is 211 Å². The summed E-state index contributed by atoms with van der Waals surface area (Å²) >= 11 is 2.38. The number of carbonyl (C=O) groups is 2. The molecule has 1 fully saturated rings. The molecule has 4 rings (SSSR count). The van der Waals surface area contributed by atoms with Crippen LogP contribution in [-0.2, 0) is 10.2 Å². The van der Waals surface area contributed by atoms with E-state index in [0.29, 0.717) is 5.56 Å². The maximum atomic E-state index is 13.5. The number of halogens is 1. The highest BCUT2D eigenvalue weighted by atomic mass is 127. The van der Waals surface area contributed by atoms with Crippen LogP contribution in [0.25, 0.3) is 0 Å². The summed E-state index contributed by atoms with van der Waals surface area (Å²) in [5.74, 6) is -0.0000896. The van der Waals surface area contributed by atoms with E-state index in [-0.39, 0.29) is 29.4 Å². The number of imide groups is 1. The predicted molar refractivity (Wildman–Crippen MR) is 140 cm³/mol. The van der Waals surface area contributed by atoms with Crippen LogP contribution in [0.2, 0.25) is 0 Å². The topological polar surface area (TPSA) is 46.6 Å². The van der Waals surface area contributed by atoms with E-state index < -0.39 is 6.09 Å². The molecule has 0 bridgehead atoms. The van der Waals surface area contributed by atoms with Gasteiger partial charge in [0.05, 0.1) is 6.04 Å². The predicted octanol–water partition coefficient (Wildman–Crippen LogP) is 7.46. The van der Waals surface area contributed by atoms with Gasteiger partial charge in [0.25, 0.3) is 5.91 Å². The van der Waals surface area contributed by atoms with Crippen molar-refractivity contribution in [2.75, 3.05) is 4.43 Å². The zero-order valence-corrected chi connectivity index (χ0v) is 21.8. The summed E-state index contributed by atoms with van der Waals surface area (Å²) in [5, 5.41) is 0. The number of hydrogen-bond donors (Lipinski definition) is 0. The summed E-state index contributed by atoms with van der Waals surface area (Å²) in [5.41, 5.74) is 2.74. The van der Waals surface area contributed by atoms with Crippen molar-refractivity contribution in [1.29, 1.82) is 0 Å². The fraction of sp³-hybridized carbons (Fsp3) is 0.500. The minimum Gasteiger partial charge on any atom is -0.445 e. The zero-order valence-electron chi connectivity index (χ0n) is 19.6. The molecule has 0 N–H and O–H groups in total. The Morgan fingerprint density at radius 2 is 1.73 bits per heavy atom. The summed E-state index contributed by atoms with van der Waals surface area (Å²) in [6, 6.07) is 17.9. The van der Waals surface area contributed by atoms with E-state index in [9.17, 15) is 9.59 Å². The van der Waals surface area contributed by atoms with E-state index >= 15 is 0 Å². The summed E-state index contributed by atoms with van der Waals surface area (Å²) < 4.78 is 7.27. The normalized spacial score (nSPS) is 22.8. The van der Waals surface area contributed by atoms with E-state index in [2.05, 4.69) is 60.7 Å². The van der Waals surface area contributed by atoms with Gasteiger partial charge >= 0.3 is 6.09 Å². The number of benzene rings is 2. The standard InChI is InChI=1S/C28H34INO3/c1-28(2,20-12-4-3-5-13-20)23-16-8-9-18-25(23)33-27(32)30-24(17-10-11-19-29)21-14-6-7-15-22(21)26(30)31/h3-7,12-15,23-25H,8-11,16-19H2,1-2H3/t23-,24-,25-/m0/s1. The molecular weight excluding hydrogens is 525 g/mol. The molecule has 1 aliphatic heterocycles. The van der Waals surface area contributed by atoms with Crippen molar-refractivity contribution in [3.8, 4) is 0 Å². The number of ether oxygens (including phenoxy) is 1. The van der Waals surface area contributed by atoms with Crippen molar-refractivity contribution in [2.24, 2.45) is 5.92 Å². The van der Waals surface area contributed by atoms with Gasteiger partial charge in [0.2, 0.25) is 0 Å². The van der Waals surface area contributed by atoms with Crippen molar-refractivity contribution in [3.63, 3.8) is 0 Å². The molecule has 176 valence electrons. The van der Waals surface area contributed by atoms with Crippen molar-refractivity contribution < 1.29 is 14.3 Å². The number of unbranched alkanes of at least 4 members (excludes halogenated alkanes) is 1. The third-order valence-electron chi connectivity index (χ3n) is 7.54. The van der Waals surface area contributed by atoms with E-state index in [1.165, 1.54) is 10.5 Å². The second-order valence-corrected chi connectivity index (χ2v) is 10.9. The van der Waals surface area contributed by atoms with Crippen molar-refractivity contribution in [3.05, 3.63) is 71.3 Å². The molecular formula is C28H34INO3. The number of amides is 2. The molecule has 0 saturated heterocycles. The number of nitrogens with zero attached hydrogens (tertiary/aromatic N) is 1. The van der Waals surface area contributed by atoms with Gasteiger partial charge in [-0.15, -0.1) is 0 Å². The smallest absolute Gasteiger partial charge is 0.417 e. The molecule has 4 nitrogen and oxygen atoms in total. The van der Waals surface area contributed by atoms with Gasteiger partial charge < -0.3 is 4.74 Å². The maximum Gasteiger partial charge on any atom is 0.417 e. The van der Waals surface area contributed by atoms with Crippen LogP contribution in [0, 0.1) is 5.92 Å². The highest BCUT2D eigenvalue weighted by molar-refractivity contribution is 14.1. The van der Waals surface area contributed by atoms with Crippen LogP contribution in [0.5, 0.6) is 0 Å². The number of fused-ring (bicyclic) bond motifs is 1. The molecule has 2 aromatic rings. The van der Waals surface area contributed by atoms with Crippen molar-refractivity contribution in [2.45, 2.75) is 76.4 Å². The van der Waals surface area contributed by atoms with Crippen LogP contribution < -0.4 is 0 Å². The van der Waals surface area contributed by atoms with Crippen LogP contribution in [0.4, 0.5) is 4.79 Å². The Balaban J connectivity index is 1.55. The molecule has 0 aromatic heterocycles. The Morgan fingerprint density at radius 3 is 2.48 bits per heavy atom. The van der Waals surface area contributed by atoms with Crippen LogP contribution in [0.1, 0.15) is 86.3 Å². The lowest BCUT2D eigenvalue weighted by atomic mass is 9.66. The molecule has 33 heavy (non-hydrogen) atoms. The third kappa shape index (κ3) is 4.98. The average molecular weight is 559 g/mol. The summed E-state index contributed by atoms with van der Waals surface area (Å²) in [4.78, 5) is 28.2. The van der Waals surface area contributed by atoms with Gasteiger partial charge in [-0.1, -0.05) is 97.8 Å². The first-order valence-electron chi connectivity index (χ1n) is 12.2. The minimum absolute atomic E-state index is 0.121. The lowest BCUT2D eigenvalue weighted by molar-refractivity contribution is -0.00826. The van der Waals surface area contributed by atoms with Gasteiger partial charge in [0.15, 0.2) is 0 Å². The third-order valence-corrected chi connectivity index (χ3v) is 8.30. The Morgan fingerprint density at radius 1 is 1.03 bits per heavy atom. The highest BCUT2D eigenvalue weighted by Crippen LogP contribution is 2.43. The van der Waals surface area contributed by atoms with Gasteiger partial charge in [-0.05, 0) is 59.1 Å². The number of rotatable bonds is 7. The SMILES string of the molecule is CC(C)(c1ccccc1)[C@H]1CCCC[C@@H]1OC(=O)N1C(=O)c2ccccc2[C@@H]1CCCCI. The molecule has 2 aromatic carbocycles. The summed E-state index contributed by atoms with van der Waals surface area (Å²) in [6.45, 7) is 4.51. The van der Waals surface area contributed by atoms with Crippen molar-refractivity contribution in [1.82, 2.24) is 4.90 Å². The molecule has 0 unspecified atom stereocenters. The monoisotopic (exact) mass is 559 g/mol. The summed E-state index contributed by atoms with van der Waals surface area (Å²) in [7, 11) is 0. The first-order valence-corrected chi connectivity index (χ1v) is 13.7.